The molecule has 7 nitrogen and oxygen atoms in total. The van der Waals surface area contributed by atoms with E-state index in [0.29, 0.717) is 18.5 Å². The zero-order valence-electron chi connectivity index (χ0n) is 11.3. The highest BCUT2D eigenvalue weighted by atomic mass is 16.4. The Labute approximate surface area is 119 Å². The molecule has 2 aliphatic rings. The number of ketones is 1. The number of allylic oxidation sites excluding steroid dienone is 1. The van der Waals surface area contributed by atoms with Crippen LogP contribution in [0.15, 0.2) is 29.7 Å². The van der Waals surface area contributed by atoms with Gasteiger partial charge in [0.05, 0.1) is 5.69 Å². The first kappa shape index (κ1) is 13.4. The average Bonchev–Trinajstić information content (AvgIpc) is 3.06. The van der Waals surface area contributed by atoms with Crippen molar-refractivity contribution in [3.05, 3.63) is 35.4 Å². The standard InChI is InChI=1S/C14H14N2O5/c1-7(13(20)21)15-12(19)9-10(17)8-3-2-6-16(8)14(4-5-14)11(9)18/h2-3,6-7,18H,4-5H2,1H3,(H,15,19)(H,20,21)/t7-/m0/s1. The van der Waals surface area contributed by atoms with Gasteiger partial charge in [-0.15, -0.1) is 0 Å². The van der Waals surface area contributed by atoms with Crippen LogP contribution in [0.4, 0.5) is 0 Å². The minimum Gasteiger partial charge on any atom is -0.509 e. The van der Waals surface area contributed by atoms with E-state index in [1.165, 1.54) is 6.92 Å². The van der Waals surface area contributed by atoms with E-state index in [4.69, 9.17) is 5.11 Å². The summed E-state index contributed by atoms with van der Waals surface area (Å²) in [5.41, 5.74) is -0.739. The molecule has 2 heterocycles. The maximum Gasteiger partial charge on any atom is 0.325 e. The number of carboxylic acids is 1. The molecule has 7 heteroatoms. The molecule has 0 saturated heterocycles. The lowest BCUT2D eigenvalue weighted by molar-refractivity contribution is -0.140. The van der Waals surface area contributed by atoms with E-state index in [2.05, 4.69) is 5.32 Å². The second-order valence-corrected chi connectivity index (χ2v) is 5.38. The molecule has 1 amide bonds. The molecule has 3 rings (SSSR count). The third-order valence-corrected chi connectivity index (χ3v) is 4.02. The maximum atomic E-state index is 12.3. The summed E-state index contributed by atoms with van der Waals surface area (Å²) in [6.07, 6.45) is 2.98. The van der Waals surface area contributed by atoms with Gasteiger partial charge in [0.1, 0.15) is 22.9 Å². The predicted molar refractivity (Wildman–Crippen MR) is 70.9 cm³/mol. The van der Waals surface area contributed by atoms with Crippen LogP contribution < -0.4 is 5.32 Å². The highest BCUT2D eigenvalue weighted by Crippen LogP contribution is 2.52. The molecule has 3 N–H and O–H groups in total. The fourth-order valence-corrected chi connectivity index (χ4v) is 2.66. The molecule has 1 aromatic rings. The van der Waals surface area contributed by atoms with Gasteiger partial charge in [-0.25, -0.2) is 0 Å². The van der Waals surface area contributed by atoms with Gasteiger partial charge in [-0.3, -0.25) is 14.4 Å². The van der Waals surface area contributed by atoms with E-state index in [0.717, 1.165) is 0 Å². The van der Waals surface area contributed by atoms with Crippen LogP contribution in [0.5, 0.6) is 0 Å². The summed E-state index contributed by atoms with van der Waals surface area (Å²) in [5, 5.41) is 21.4. The number of hydrogen-bond acceptors (Lipinski definition) is 4. The highest BCUT2D eigenvalue weighted by Gasteiger charge is 2.55. The largest absolute Gasteiger partial charge is 0.509 e. The topological polar surface area (TPSA) is 109 Å². The number of rotatable bonds is 3. The Kier molecular flexibility index (Phi) is 2.69. The van der Waals surface area contributed by atoms with Gasteiger partial charge < -0.3 is 20.1 Å². The first-order valence-electron chi connectivity index (χ1n) is 6.58. The lowest BCUT2D eigenvalue weighted by Crippen LogP contribution is -2.43. The van der Waals surface area contributed by atoms with Gasteiger partial charge in [-0.1, -0.05) is 0 Å². The van der Waals surface area contributed by atoms with E-state index >= 15 is 0 Å². The lowest BCUT2D eigenvalue weighted by atomic mass is 9.96. The Hall–Kier alpha value is -2.57. The van der Waals surface area contributed by atoms with Crippen LogP contribution in [0.3, 0.4) is 0 Å². The van der Waals surface area contributed by atoms with E-state index in [1.54, 1.807) is 22.9 Å². The number of aliphatic hydroxyl groups is 1. The molecular weight excluding hydrogens is 276 g/mol. The normalized spacial score (nSPS) is 20.1. The van der Waals surface area contributed by atoms with E-state index in [-0.39, 0.29) is 11.3 Å². The molecule has 1 saturated carbocycles. The van der Waals surface area contributed by atoms with Gasteiger partial charge in [0.15, 0.2) is 0 Å². The van der Waals surface area contributed by atoms with Gasteiger partial charge >= 0.3 is 5.97 Å². The van der Waals surface area contributed by atoms with Crippen molar-refractivity contribution in [3.63, 3.8) is 0 Å². The minimum atomic E-state index is -1.21. The summed E-state index contributed by atoms with van der Waals surface area (Å²) in [4.78, 5) is 35.3. The fourth-order valence-electron chi connectivity index (χ4n) is 2.66. The number of aliphatic carboxylic acids is 1. The van der Waals surface area contributed by atoms with Crippen LogP contribution in [0.25, 0.3) is 0 Å². The van der Waals surface area contributed by atoms with Gasteiger partial charge in [0.2, 0.25) is 5.78 Å². The number of carboxylic acid groups (broad SMARTS) is 1. The van der Waals surface area contributed by atoms with Crippen LogP contribution in [-0.4, -0.2) is 38.5 Å². The summed E-state index contributed by atoms with van der Waals surface area (Å²) in [7, 11) is 0. The number of carbonyl (C=O) groups is 3. The quantitative estimate of drug-likeness (QED) is 0.705. The second kappa shape index (κ2) is 4.21. The Balaban J connectivity index is 2.00. The molecule has 0 bridgehead atoms. The molecule has 1 atom stereocenters. The number of fused-ring (bicyclic) bond motifs is 2. The van der Waals surface area contributed by atoms with Gasteiger partial charge in [0.25, 0.3) is 5.91 Å². The highest BCUT2D eigenvalue weighted by molar-refractivity contribution is 6.26. The monoisotopic (exact) mass is 290 g/mol. The van der Waals surface area contributed by atoms with Crippen LogP contribution in [0, 0.1) is 0 Å². The summed E-state index contributed by atoms with van der Waals surface area (Å²) in [6.45, 7) is 1.29. The van der Waals surface area contributed by atoms with E-state index in [9.17, 15) is 19.5 Å². The van der Waals surface area contributed by atoms with Gasteiger partial charge in [-0.05, 0) is 31.9 Å². The van der Waals surface area contributed by atoms with Crippen molar-refractivity contribution >= 4 is 17.7 Å². The van der Waals surface area contributed by atoms with Crippen LogP contribution in [0.1, 0.15) is 30.3 Å². The number of hydrogen-bond donors (Lipinski definition) is 3. The van der Waals surface area contributed by atoms with Crippen LogP contribution >= 0.6 is 0 Å². The Bertz CT molecular complexity index is 696. The SMILES string of the molecule is C[C@H](NC(=O)C1=C(O)C2(CC2)n2cccc2C1=O)C(=O)O. The second-order valence-electron chi connectivity index (χ2n) is 5.38. The number of amides is 1. The molecule has 110 valence electrons. The number of aromatic nitrogens is 1. The minimum absolute atomic E-state index is 0.272. The Morgan fingerprint density at radius 3 is 2.67 bits per heavy atom. The Morgan fingerprint density at radius 2 is 2.10 bits per heavy atom. The first-order chi connectivity index (χ1) is 9.88. The molecule has 1 fully saturated rings. The summed E-state index contributed by atoms with van der Waals surface area (Å²) in [6, 6.07) is 2.12. The number of nitrogens with one attached hydrogen (secondary N) is 1. The van der Waals surface area contributed by atoms with Crippen LogP contribution in [-0.2, 0) is 15.1 Å². The van der Waals surface area contributed by atoms with E-state index < -0.39 is 29.2 Å². The van der Waals surface area contributed by atoms with Gasteiger partial charge in [0, 0.05) is 6.20 Å². The average molecular weight is 290 g/mol. The maximum absolute atomic E-state index is 12.3. The predicted octanol–water partition coefficient (Wildman–Crippen LogP) is 0.575. The first-order valence-corrected chi connectivity index (χ1v) is 6.58. The smallest absolute Gasteiger partial charge is 0.325 e. The molecule has 0 aromatic carbocycles. The molecule has 1 spiro atoms. The Morgan fingerprint density at radius 1 is 1.43 bits per heavy atom. The molecule has 1 aromatic heterocycles. The number of nitrogens with zero attached hydrogens (tertiary/aromatic N) is 1. The zero-order chi connectivity index (χ0) is 15.4. The summed E-state index contributed by atoms with van der Waals surface area (Å²) >= 11 is 0. The molecule has 21 heavy (non-hydrogen) atoms. The van der Waals surface area contributed by atoms with E-state index in [1.807, 2.05) is 0 Å². The fraction of sp³-hybridized carbons (Fsp3) is 0.357. The summed E-state index contributed by atoms with van der Waals surface area (Å²) in [5.74, 6) is -2.93. The van der Waals surface area contributed by atoms with Crippen molar-refractivity contribution in [2.75, 3.05) is 0 Å². The lowest BCUT2D eigenvalue weighted by Gasteiger charge is -2.27. The van der Waals surface area contributed by atoms with Crippen molar-refractivity contribution in [2.24, 2.45) is 0 Å². The number of aliphatic hydroxyl groups excluding tert-OH is 1. The van der Waals surface area contributed by atoms with Crippen molar-refractivity contribution in [1.82, 2.24) is 9.88 Å². The van der Waals surface area contributed by atoms with Crippen molar-refractivity contribution < 1.29 is 24.6 Å². The third kappa shape index (κ3) is 1.77. The zero-order valence-corrected chi connectivity index (χ0v) is 11.3. The van der Waals surface area contributed by atoms with Gasteiger partial charge in [-0.2, -0.15) is 0 Å². The summed E-state index contributed by atoms with van der Waals surface area (Å²) < 4.78 is 1.68. The molecule has 0 unspecified atom stereocenters. The van der Waals surface area contributed by atoms with Crippen molar-refractivity contribution in [3.8, 4) is 0 Å². The number of Topliss-reactive ketones (excluding diaryl/α,β-unsaturated/α-hetero) is 1. The molecule has 1 aliphatic heterocycles. The number of carbonyl (C=O) groups excluding carboxylic acids is 2. The molecule has 1 aliphatic carbocycles. The molecule has 0 radical (unpaired) electrons. The van der Waals surface area contributed by atoms with Crippen molar-refractivity contribution in [2.45, 2.75) is 31.3 Å². The van der Waals surface area contributed by atoms with Crippen molar-refractivity contribution in [1.29, 1.82) is 0 Å². The van der Waals surface area contributed by atoms with Crippen LogP contribution in [0.2, 0.25) is 0 Å². The molecular formula is C14H14N2O5. The third-order valence-electron chi connectivity index (χ3n) is 4.02.